The minimum absolute atomic E-state index is 0.188. The maximum Gasteiger partial charge on any atom is 0.316 e. The summed E-state index contributed by atoms with van der Waals surface area (Å²) in [6.45, 7) is 7.31. The molecule has 0 aliphatic heterocycles. The van der Waals surface area contributed by atoms with Crippen LogP contribution < -0.4 is 4.74 Å². The highest BCUT2D eigenvalue weighted by atomic mass is 16.5. The van der Waals surface area contributed by atoms with Crippen molar-refractivity contribution in [2.24, 2.45) is 5.41 Å². The Labute approximate surface area is 113 Å². The fourth-order valence-electron chi connectivity index (χ4n) is 1.22. The van der Waals surface area contributed by atoms with Gasteiger partial charge in [0, 0.05) is 6.42 Å². The first-order valence-electron chi connectivity index (χ1n) is 6.29. The number of benzene rings is 1. The summed E-state index contributed by atoms with van der Waals surface area (Å²) in [5.74, 6) is -0.0859. The second-order valence-electron chi connectivity index (χ2n) is 5.30. The molecule has 0 atom stereocenters. The van der Waals surface area contributed by atoms with Crippen LogP contribution >= 0.6 is 0 Å². The van der Waals surface area contributed by atoms with E-state index in [4.69, 9.17) is 9.47 Å². The van der Waals surface area contributed by atoms with E-state index in [0.29, 0.717) is 12.2 Å². The third kappa shape index (κ3) is 5.12. The third-order valence-electron chi connectivity index (χ3n) is 2.41. The molecular weight excluding hydrogens is 244 g/mol. The second kappa shape index (κ2) is 6.36. The van der Waals surface area contributed by atoms with Gasteiger partial charge in [0.1, 0.15) is 12.4 Å². The van der Waals surface area contributed by atoms with Crippen LogP contribution in [0.3, 0.4) is 0 Å². The summed E-state index contributed by atoms with van der Waals surface area (Å²) in [5, 5.41) is 0. The Hall–Kier alpha value is -1.84. The van der Waals surface area contributed by atoms with Crippen LogP contribution in [0.4, 0.5) is 0 Å². The first kappa shape index (κ1) is 15.2. The van der Waals surface area contributed by atoms with Gasteiger partial charge in [-0.1, -0.05) is 19.1 Å². The summed E-state index contributed by atoms with van der Waals surface area (Å²) in [5.41, 5.74) is 0.242. The molecule has 0 heterocycles. The zero-order chi connectivity index (χ0) is 14.5. The molecule has 0 radical (unpaired) electrons. The van der Waals surface area contributed by atoms with Crippen LogP contribution in [-0.2, 0) is 20.9 Å². The van der Waals surface area contributed by atoms with Gasteiger partial charge in [-0.2, -0.15) is 0 Å². The van der Waals surface area contributed by atoms with Gasteiger partial charge >= 0.3 is 11.9 Å². The van der Waals surface area contributed by atoms with Gasteiger partial charge in [-0.05, 0) is 38.5 Å². The van der Waals surface area contributed by atoms with Gasteiger partial charge in [-0.25, -0.2) is 0 Å². The van der Waals surface area contributed by atoms with E-state index in [-0.39, 0.29) is 18.5 Å². The Morgan fingerprint density at radius 2 is 1.89 bits per heavy atom. The minimum atomic E-state index is -0.551. The van der Waals surface area contributed by atoms with Crippen LogP contribution in [0.15, 0.2) is 24.3 Å². The molecule has 0 bridgehead atoms. The van der Waals surface area contributed by atoms with Crippen LogP contribution in [0.5, 0.6) is 5.75 Å². The van der Waals surface area contributed by atoms with Gasteiger partial charge in [0.05, 0.1) is 5.41 Å². The standard InChI is InChI=1S/C15H20O4/c1-5-13(16)18-10-11-7-6-8-12(9-11)19-14(17)15(2,3)4/h6-9H,5,10H2,1-4H3. The number of ether oxygens (including phenoxy) is 2. The first-order valence-corrected chi connectivity index (χ1v) is 6.29. The van der Waals surface area contributed by atoms with E-state index in [1.165, 1.54) is 0 Å². The molecule has 0 aromatic heterocycles. The van der Waals surface area contributed by atoms with Crippen LogP contribution in [-0.4, -0.2) is 11.9 Å². The minimum Gasteiger partial charge on any atom is -0.461 e. The topological polar surface area (TPSA) is 52.6 Å². The molecular formula is C15H20O4. The summed E-state index contributed by atoms with van der Waals surface area (Å²) in [7, 11) is 0. The fraction of sp³-hybridized carbons (Fsp3) is 0.467. The summed E-state index contributed by atoms with van der Waals surface area (Å²) < 4.78 is 10.3. The van der Waals surface area contributed by atoms with Crippen LogP contribution in [0.2, 0.25) is 0 Å². The maximum absolute atomic E-state index is 11.8. The number of hydrogen-bond donors (Lipinski definition) is 0. The highest BCUT2D eigenvalue weighted by molar-refractivity contribution is 5.77. The molecule has 0 unspecified atom stereocenters. The van der Waals surface area contributed by atoms with Crippen molar-refractivity contribution in [1.82, 2.24) is 0 Å². The van der Waals surface area contributed by atoms with Crippen molar-refractivity contribution in [3.63, 3.8) is 0 Å². The molecule has 0 saturated carbocycles. The van der Waals surface area contributed by atoms with Crippen molar-refractivity contribution in [3.8, 4) is 5.75 Å². The zero-order valence-corrected chi connectivity index (χ0v) is 11.9. The third-order valence-corrected chi connectivity index (χ3v) is 2.41. The average molecular weight is 264 g/mol. The Balaban J connectivity index is 2.67. The van der Waals surface area contributed by atoms with Gasteiger partial charge in [0.25, 0.3) is 0 Å². The van der Waals surface area contributed by atoms with E-state index in [2.05, 4.69) is 0 Å². The molecule has 0 aliphatic rings. The van der Waals surface area contributed by atoms with Crippen molar-refractivity contribution < 1.29 is 19.1 Å². The van der Waals surface area contributed by atoms with E-state index in [0.717, 1.165) is 5.56 Å². The Morgan fingerprint density at radius 1 is 1.21 bits per heavy atom. The van der Waals surface area contributed by atoms with E-state index in [9.17, 15) is 9.59 Å². The molecule has 104 valence electrons. The fourth-order valence-corrected chi connectivity index (χ4v) is 1.22. The molecule has 0 N–H and O–H groups in total. The average Bonchev–Trinajstić information content (AvgIpc) is 2.35. The number of esters is 2. The molecule has 4 nitrogen and oxygen atoms in total. The molecule has 0 aliphatic carbocycles. The Kier molecular flexibility index (Phi) is 5.10. The van der Waals surface area contributed by atoms with E-state index in [1.54, 1.807) is 45.9 Å². The molecule has 4 heteroatoms. The lowest BCUT2D eigenvalue weighted by Gasteiger charge is -2.16. The highest BCUT2D eigenvalue weighted by Gasteiger charge is 2.23. The van der Waals surface area contributed by atoms with Crippen molar-refractivity contribution in [3.05, 3.63) is 29.8 Å². The lowest BCUT2D eigenvalue weighted by molar-refractivity contribution is -0.145. The SMILES string of the molecule is CCC(=O)OCc1cccc(OC(=O)C(C)(C)C)c1. The quantitative estimate of drug-likeness (QED) is 0.619. The summed E-state index contributed by atoms with van der Waals surface area (Å²) in [4.78, 5) is 22.8. The van der Waals surface area contributed by atoms with Crippen LogP contribution in [0.25, 0.3) is 0 Å². The Morgan fingerprint density at radius 3 is 2.47 bits per heavy atom. The number of carbonyl (C=O) groups excluding carboxylic acids is 2. The first-order chi connectivity index (χ1) is 8.82. The monoisotopic (exact) mass is 264 g/mol. The van der Waals surface area contributed by atoms with Gasteiger partial charge in [-0.15, -0.1) is 0 Å². The van der Waals surface area contributed by atoms with Crippen molar-refractivity contribution >= 4 is 11.9 Å². The number of carbonyl (C=O) groups is 2. The lowest BCUT2D eigenvalue weighted by atomic mass is 9.97. The molecule has 1 aromatic carbocycles. The summed E-state index contributed by atoms with van der Waals surface area (Å²) in [6.07, 6.45) is 0.346. The van der Waals surface area contributed by atoms with Gasteiger partial charge in [0.2, 0.25) is 0 Å². The molecule has 0 spiro atoms. The number of rotatable bonds is 4. The zero-order valence-electron chi connectivity index (χ0n) is 11.9. The summed E-state index contributed by atoms with van der Waals surface area (Å²) >= 11 is 0. The molecule has 0 fully saturated rings. The maximum atomic E-state index is 11.8. The molecule has 0 amide bonds. The highest BCUT2D eigenvalue weighted by Crippen LogP contribution is 2.20. The molecule has 0 saturated heterocycles. The Bertz CT molecular complexity index is 457. The van der Waals surface area contributed by atoms with E-state index >= 15 is 0 Å². The summed E-state index contributed by atoms with van der Waals surface area (Å²) in [6, 6.07) is 6.99. The van der Waals surface area contributed by atoms with Crippen LogP contribution in [0, 0.1) is 5.41 Å². The molecule has 19 heavy (non-hydrogen) atoms. The predicted molar refractivity (Wildman–Crippen MR) is 71.6 cm³/mol. The molecule has 1 aromatic rings. The van der Waals surface area contributed by atoms with Gasteiger partial charge < -0.3 is 9.47 Å². The normalized spacial score (nSPS) is 10.9. The van der Waals surface area contributed by atoms with Crippen molar-refractivity contribution in [2.75, 3.05) is 0 Å². The lowest BCUT2D eigenvalue weighted by Crippen LogP contribution is -2.25. The number of hydrogen-bond acceptors (Lipinski definition) is 4. The van der Waals surface area contributed by atoms with E-state index < -0.39 is 5.41 Å². The van der Waals surface area contributed by atoms with E-state index in [1.807, 2.05) is 6.07 Å². The largest absolute Gasteiger partial charge is 0.461 e. The van der Waals surface area contributed by atoms with Gasteiger partial charge in [-0.3, -0.25) is 9.59 Å². The van der Waals surface area contributed by atoms with Crippen LogP contribution in [0.1, 0.15) is 39.7 Å². The van der Waals surface area contributed by atoms with Gasteiger partial charge in [0.15, 0.2) is 0 Å². The predicted octanol–water partition coefficient (Wildman–Crippen LogP) is 3.09. The van der Waals surface area contributed by atoms with Crippen molar-refractivity contribution in [2.45, 2.75) is 40.7 Å². The molecule has 1 rings (SSSR count). The smallest absolute Gasteiger partial charge is 0.316 e. The van der Waals surface area contributed by atoms with Crippen molar-refractivity contribution in [1.29, 1.82) is 0 Å². The second-order valence-corrected chi connectivity index (χ2v) is 5.30.